The standard InChI is InChI=1S/C12H21N3O2/c1-9(2)12-14-13-11(17-12)7-15-5-4-10(6-15)8-16-3/h9-10H,4-8H2,1-3H3. The molecule has 1 aliphatic rings. The third kappa shape index (κ3) is 3.26. The Bertz CT molecular complexity index is 351. The minimum absolute atomic E-state index is 0.302. The van der Waals surface area contributed by atoms with Crippen molar-refractivity contribution in [3.63, 3.8) is 0 Å². The molecule has 1 aromatic heterocycles. The number of hydrogen-bond acceptors (Lipinski definition) is 5. The Hall–Kier alpha value is -0.940. The highest BCUT2D eigenvalue weighted by Crippen LogP contribution is 2.19. The van der Waals surface area contributed by atoms with Crippen LogP contribution in [0.5, 0.6) is 0 Å². The molecule has 0 spiro atoms. The fraction of sp³-hybridized carbons (Fsp3) is 0.833. The predicted octanol–water partition coefficient (Wildman–Crippen LogP) is 1.66. The van der Waals surface area contributed by atoms with Crippen molar-refractivity contribution in [3.05, 3.63) is 11.8 Å². The minimum atomic E-state index is 0.302. The van der Waals surface area contributed by atoms with Crippen LogP contribution in [-0.2, 0) is 11.3 Å². The number of likely N-dealkylation sites (tertiary alicyclic amines) is 1. The highest BCUT2D eigenvalue weighted by atomic mass is 16.5. The van der Waals surface area contributed by atoms with Crippen LogP contribution in [0.4, 0.5) is 0 Å². The van der Waals surface area contributed by atoms with Crippen LogP contribution in [0.15, 0.2) is 4.42 Å². The molecule has 17 heavy (non-hydrogen) atoms. The van der Waals surface area contributed by atoms with Crippen LogP contribution in [0, 0.1) is 5.92 Å². The summed E-state index contributed by atoms with van der Waals surface area (Å²) >= 11 is 0. The van der Waals surface area contributed by atoms with Gasteiger partial charge >= 0.3 is 0 Å². The van der Waals surface area contributed by atoms with Gasteiger partial charge < -0.3 is 9.15 Å². The zero-order valence-electron chi connectivity index (χ0n) is 10.8. The summed E-state index contributed by atoms with van der Waals surface area (Å²) in [6.45, 7) is 7.88. The smallest absolute Gasteiger partial charge is 0.230 e. The van der Waals surface area contributed by atoms with Crippen LogP contribution >= 0.6 is 0 Å². The fourth-order valence-electron chi connectivity index (χ4n) is 2.18. The summed E-state index contributed by atoms with van der Waals surface area (Å²) in [6.07, 6.45) is 1.19. The second-order valence-electron chi connectivity index (χ2n) is 5.03. The summed E-state index contributed by atoms with van der Waals surface area (Å²) in [6, 6.07) is 0. The van der Waals surface area contributed by atoms with Gasteiger partial charge in [-0.15, -0.1) is 10.2 Å². The van der Waals surface area contributed by atoms with Gasteiger partial charge in [-0.2, -0.15) is 0 Å². The van der Waals surface area contributed by atoms with Gasteiger partial charge in [0.05, 0.1) is 13.2 Å². The minimum Gasteiger partial charge on any atom is -0.424 e. The van der Waals surface area contributed by atoms with Crippen LogP contribution in [0.2, 0.25) is 0 Å². The average molecular weight is 239 g/mol. The van der Waals surface area contributed by atoms with Crippen LogP contribution in [0.25, 0.3) is 0 Å². The molecule has 1 aromatic rings. The van der Waals surface area contributed by atoms with E-state index in [2.05, 4.69) is 28.9 Å². The van der Waals surface area contributed by atoms with Gasteiger partial charge in [0.1, 0.15) is 0 Å². The number of aromatic nitrogens is 2. The maximum absolute atomic E-state index is 5.61. The number of methoxy groups -OCH3 is 1. The number of hydrogen-bond donors (Lipinski definition) is 0. The lowest BCUT2D eigenvalue weighted by Gasteiger charge is -2.12. The Morgan fingerprint density at radius 1 is 1.47 bits per heavy atom. The summed E-state index contributed by atoms with van der Waals surface area (Å²) in [5.41, 5.74) is 0. The van der Waals surface area contributed by atoms with Crippen molar-refractivity contribution in [2.75, 3.05) is 26.8 Å². The fourth-order valence-corrected chi connectivity index (χ4v) is 2.18. The van der Waals surface area contributed by atoms with Gasteiger partial charge in [0.15, 0.2) is 0 Å². The van der Waals surface area contributed by atoms with Crippen molar-refractivity contribution in [3.8, 4) is 0 Å². The lowest BCUT2D eigenvalue weighted by molar-refractivity contribution is 0.151. The van der Waals surface area contributed by atoms with Crippen LogP contribution in [0.1, 0.15) is 38.0 Å². The first-order valence-electron chi connectivity index (χ1n) is 6.22. The molecular formula is C12H21N3O2. The first kappa shape index (κ1) is 12.5. The molecular weight excluding hydrogens is 218 g/mol. The molecule has 0 bridgehead atoms. The average Bonchev–Trinajstić information content (AvgIpc) is 2.89. The topological polar surface area (TPSA) is 51.4 Å². The van der Waals surface area contributed by atoms with E-state index < -0.39 is 0 Å². The zero-order valence-corrected chi connectivity index (χ0v) is 10.8. The maximum atomic E-state index is 5.61. The first-order chi connectivity index (χ1) is 8.19. The predicted molar refractivity (Wildman–Crippen MR) is 63.6 cm³/mol. The summed E-state index contributed by atoms with van der Waals surface area (Å²) in [5, 5.41) is 8.13. The molecule has 0 radical (unpaired) electrons. The van der Waals surface area contributed by atoms with Gasteiger partial charge in [0, 0.05) is 19.6 Å². The third-order valence-electron chi connectivity index (χ3n) is 3.11. The molecule has 1 saturated heterocycles. The SMILES string of the molecule is COCC1CCN(Cc2nnc(C(C)C)o2)C1. The van der Waals surface area contributed by atoms with Gasteiger partial charge in [-0.25, -0.2) is 0 Å². The van der Waals surface area contributed by atoms with Crippen LogP contribution < -0.4 is 0 Å². The highest BCUT2D eigenvalue weighted by molar-refractivity contribution is 4.88. The van der Waals surface area contributed by atoms with E-state index in [1.807, 2.05) is 0 Å². The third-order valence-corrected chi connectivity index (χ3v) is 3.11. The van der Waals surface area contributed by atoms with Gasteiger partial charge in [-0.1, -0.05) is 13.8 Å². The normalized spacial score (nSPS) is 21.5. The van der Waals surface area contributed by atoms with E-state index in [1.54, 1.807) is 7.11 Å². The van der Waals surface area contributed by atoms with Gasteiger partial charge in [0.25, 0.3) is 0 Å². The van der Waals surface area contributed by atoms with Crippen molar-refractivity contribution in [2.45, 2.75) is 32.7 Å². The molecule has 0 aliphatic carbocycles. The van der Waals surface area contributed by atoms with Crippen LogP contribution in [-0.4, -0.2) is 41.9 Å². The first-order valence-corrected chi connectivity index (χ1v) is 6.22. The highest BCUT2D eigenvalue weighted by Gasteiger charge is 2.23. The molecule has 5 nitrogen and oxygen atoms in total. The Morgan fingerprint density at radius 3 is 2.94 bits per heavy atom. The molecule has 1 atom stereocenters. The second-order valence-corrected chi connectivity index (χ2v) is 5.03. The quantitative estimate of drug-likeness (QED) is 0.782. The molecule has 0 N–H and O–H groups in total. The van der Waals surface area contributed by atoms with E-state index >= 15 is 0 Å². The summed E-state index contributed by atoms with van der Waals surface area (Å²) in [7, 11) is 1.76. The Kier molecular flexibility index (Phi) is 4.12. The van der Waals surface area contributed by atoms with Crippen molar-refractivity contribution < 1.29 is 9.15 Å². The zero-order chi connectivity index (χ0) is 12.3. The lowest BCUT2D eigenvalue weighted by Crippen LogP contribution is -2.21. The molecule has 5 heteroatoms. The summed E-state index contributed by atoms with van der Waals surface area (Å²) in [5.74, 6) is 2.41. The molecule has 0 saturated carbocycles. The molecule has 1 aliphatic heterocycles. The monoisotopic (exact) mass is 239 g/mol. The maximum Gasteiger partial charge on any atom is 0.230 e. The Morgan fingerprint density at radius 2 is 2.29 bits per heavy atom. The molecule has 1 fully saturated rings. The Labute approximate surface area is 102 Å². The van der Waals surface area contributed by atoms with Crippen molar-refractivity contribution in [2.24, 2.45) is 5.92 Å². The van der Waals surface area contributed by atoms with E-state index in [1.165, 1.54) is 6.42 Å². The molecule has 2 heterocycles. The van der Waals surface area contributed by atoms with E-state index in [0.29, 0.717) is 11.8 Å². The lowest BCUT2D eigenvalue weighted by atomic mass is 10.1. The Balaban J connectivity index is 1.85. The molecule has 2 rings (SSSR count). The number of ether oxygens (including phenoxy) is 1. The number of nitrogens with zero attached hydrogens (tertiary/aromatic N) is 3. The van der Waals surface area contributed by atoms with Crippen molar-refractivity contribution in [1.29, 1.82) is 0 Å². The van der Waals surface area contributed by atoms with E-state index in [0.717, 1.165) is 38.0 Å². The largest absolute Gasteiger partial charge is 0.424 e. The number of rotatable bonds is 5. The molecule has 1 unspecified atom stereocenters. The van der Waals surface area contributed by atoms with Crippen molar-refractivity contribution >= 4 is 0 Å². The molecule has 96 valence electrons. The van der Waals surface area contributed by atoms with Crippen LogP contribution in [0.3, 0.4) is 0 Å². The van der Waals surface area contributed by atoms with Gasteiger partial charge in [-0.3, -0.25) is 4.90 Å². The summed E-state index contributed by atoms with van der Waals surface area (Å²) in [4.78, 5) is 2.35. The summed E-state index contributed by atoms with van der Waals surface area (Å²) < 4.78 is 10.8. The second kappa shape index (κ2) is 5.60. The van der Waals surface area contributed by atoms with Gasteiger partial charge in [0.2, 0.25) is 11.8 Å². The van der Waals surface area contributed by atoms with E-state index in [4.69, 9.17) is 9.15 Å². The van der Waals surface area contributed by atoms with E-state index in [9.17, 15) is 0 Å². The van der Waals surface area contributed by atoms with E-state index in [-0.39, 0.29) is 0 Å². The molecule has 0 aromatic carbocycles. The van der Waals surface area contributed by atoms with Crippen molar-refractivity contribution in [1.82, 2.24) is 15.1 Å². The van der Waals surface area contributed by atoms with Gasteiger partial charge in [-0.05, 0) is 18.9 Å². The molecule has 0 amide bonds.